The number of amides is 3. The predicted molar refractivity (Wildman–Crippen MR) is 478 cm³/mol. The Morgan fingerprint density at radius 2 is 1.07 bits per heavy atom. The van der Waals surface area contributed by atoms with Crippen molar-refractivity contribution in [3.05, 3.63) is 218 Å². The number of benzene rings is 6. The number of aryl methyl sites for hydroxylation is 4. The Kier molecular flexibility index (Phi) is 31.5. The number of pyridine rings is 2. The van der Waals surface area contributed by atoms with Gasteiger partial charge in [0.25, 0.3) is 11.8 Å². The van der Waals surface area contributed by atoms with Crippen LogP contribution in [0.5, 0.6) is 0 Å². The van der Waals surface area contributed by atoms with Crippen LogP contribution in [0.25, 0.3) is 33.2 Å². The molecule has 0 radical (unpaired) electrons. The van der Waals surface area contributed by atoms with Crippen molar-refractivity contribution in [1.29, 1.82) is 0 Å². The largest absolute Gasteiger partial charge is 0.488 e. The van der Waals surface area contributed by atoms with Gasteiger partial charge in [0.15, 0.2) is 21.1 Å². The first-order valence-electron chi connectivity index (χ1n) is 42.1. The molecule has 31 heteroatoms. The highest BCUT2D eigenvalue weighted by Gasteiger charge is 2.31. The second-order valence-electron chi connectivity index (χ2n) is 32.1. The zero-order valence-electron chi connectivity index (χ0n) is 70.8. The van der Waals surface area contributed by atoms with Gasteiger partial charge in [-0.05, 0) is 186 Å². The summed E-state index contributed by atoms with van der Waals surface area (Å²) in [6.07, 6.45) is 8.67. The predicted octanol–water partition coefficient (Wildman–Crippen LogP) is 11.5. The Balaban J connectivity index is 0.000000180. The number of sulfone groups is 1. The van der Waals surface area contributed by atoms with E-state index in [0.29, 0.717) is 82.9 Å². The van der Waals surface area contributed by atoms with Crippen LogP contribution in [-0.2, 0) is 99.1 Å². The zero-order chi connectivity index (χ0) is 86.0. The van der Waals surface area contributed by atoms with Gasteiger partial charge in [0.05, 0.1) is 49.6 Å². The molecule has 3 amide bonds. The number of fused-ring (bicyclic) bond motifs is 2. The average Bonchev–Trinajstić information content (AvgIpc) is 1.66. The number of rotatable bonds is 28. The van der Waals surface area contributed by atoms with Gasteiger partial charge in [0.1, 0.15) is 5.60 Å². The first-order valence-corrected chi connectivity index (χ1v) is 45.9. The van der Waals surface area contributed by atoms with E-state index in [-0.39, 0.29) is 65.0 Å². The van der Waals surface area contributed by atoms with Gasteiger partial charge in [-0.1, -0.05) is 115 Å². The fourth-order valence-electron chi connectivity index (χ4n) is 15.6. The SMILES string of the molecule is CC(C)(C)OC(=O)N1CCN(Cc2cccc(B(O)O)c2)CC1.CCc1nc2c(cnn2CC)c(NC2CCOCC2)c1CNC(=O)c1cccc(S(=O)(=O)C(C)Cc2cccc(Br)c2)c1.CCc1nc2c(cnn2CC)c(NC2CCOCC2)c1CNC(=O)c1cccc(S(=O)(=O)N(C)Cc2cccc(-c3cccc(CN4CCNCC4)c3)c2)c1. The molecule has 4 aliphatic rings. The minimum Gasteiger partial charge on any atom is -0.444 e. The molecule has 8 heterocycles. The topological polar surface area (TPSA) is 322 Å². The van der Waals surface area contributed by atoms with Crippen molar-refractivity contribution in [2.45, 2.75) is 179 Å². The minimum absolute atomic E-state index is 0.0607. The van der Waals surface area contributed by atoms with E-state index in [1.54, 1.807) is 61.3 Å². The summed E-state index contributed by atoms with van der Waals surface area (Å²) in [6.45, 7) is 28.8. The first-order chi connectivity index (χ1) is 58.2. The maximum atomic E-state index is 13.9. The number of sulfonamides is 1. The van der Waals surface area contributed by atoms with Crippen LogP contribution >= 0.6 is 15.9 Å². The summed E-state index contributed by atoms with van der Waals surface area (Å²) in [5.74, 6) is -0.713. The molecule has 121 heavy (non-hydrogen) atoms. The smallest absolute Gasteiger partial charge is 0.444 e. The maximum absolute atomic E-state index is 13.9. The molecule has 0 aliphatic carbocycles. The Morgan fingerprint density at radius 1 is 0.603 bits per heavy atom. The second kappa shape index (κ2) is 42.0. The van der Waals surface area contributed by atoms with Gasteiger partial charge in [-0.3, -0.25) is 19.4 Å². The third-order valence-corrected chi connectivity index (χ3v) is 26.7. The third-order valence-electron chi connectivity index (χ3n) is 22.3. The highest BCUT2D eigenvalue weighted by Crippen LogP contribution is 2.35. The summed E-state index contributed by atoms with van der Waals surface area (Å²) >= 11 is 3.45. The van der Waals surface area contributed by atoms with Gasteiger partial charge in [-0.2, -0.15) is 14.5 Å². The lowest BCUT2D eigenvalue weighted by Gasteiger charge is -2.35. The van der Waals surface area contributed by atoms with E-state index in [0.717, 1.165) is 166 Å². The fraction of sp³-hybridized carbons (Fsp3) is 0.433. The number of piperazine rings is 2. The first kappa shape index (κ1) is 90.7. The Bertz CT molecular complexity index is 5450. The van der Waals surface area contributed by atoms with Crippen molar-refractivity contribution in [2.75, 3.05) is 96.5 Å². The van der Waals surface area contributed by atoms with E-state index in [4.69, 9.17) is 24.2 Å². The number of halogens is 1. The number of hydrogen-bond donors (Lipinski definition) is 7. The second-order valence-corrected chi connectivity index (χ2v) is 37.5. The van der Waals surface area contributed by atoms with Gasteiger partial charge in [-0.15, -0.1) is 0 Å². The van der Waals surface area contributed by atoms with E-state index in [2.05, 4.69) is 106 Å². The van der Waals surface area contributed by atoms with E-state index in [1.165, 1.54) is 28.1 Å². The van der Waals surface area contributed by atoms with E-state index in [1.807, 2.05) is 112 Å². The lowest BCUT2D eigenvalue weighted by Crippen LogP contribution is -2.49. The number of ether oxygens (including phenoxy) is 3. The van der Waals surface area contributed by atoms with Gasteiger partial charge in [-0.25, -0.2) is 41.0 Å². The van der Waals surface area contributed by atoms with Crippen molar-refractivity contribution >= 4 is 99.7 Å². The molecule has 4 saturated heterocycles. The quantitative estimate of drug-likeness (QED) is 0.0224. The van der Waals surface area contributed by atoms with Gasteiger partial charge >= 0.3 is 13.2 Å². The van der Waals surface area contributed by atoms with Crippen molar-refractivity contribution in [3.63, 3.8) is 0 Å². The number of carbonyl (C=O) groups excluding carboxylic acids is 3. The van der Waals surface area contributed by atoms with E-state index < -0.39 is 37.8 Å². The number of aromatic nitrogens is 6. The molecule has 644 valence electrons. The van der Waals surface area contributed by atoms with E-state index >= 15 is 0 Å². The minimum atomic E-state index is -3.92. The summed E-state index contributed by atoms with van der Waals surface area (Å²) in [4.78, 5) is 55.7. The molecule has 6 aromatic carbocycles. The Hall–Kier alpha value is -9.51. The number of nitrogens with zero attached hydrogens (tertiary/aromatic N) is 10. The van der Waals surface area contributed by atoms with Crippen LogP contribution in [0.2, 0.25) is 0 Å². The number of anilines is 2. The Morgan fingerprint density at radius 3 is 1.59 bits per heavy atom. The molecular weight excluding hydrogens is 1640 g/mol. The molecule has 1 unspecified atom stereocenters. The van der Waals surface area contributed by atoms with Crippen LogP contribution in [0.15, 0.2) is 172 Å². The van der Waals surface area contributed by atoms with Crippen molar-refractivity contribution in [1.82, 2.24) is 64.5 Å². The molecule has 7 N–H and O–H groups in total. The molecule has 0 spiro atoms. The molecule has 0 bridgehead atoms. The molecule has 4 fully saturated rings. The lowest BCUT2D eigenvalue weighted by atomic mass is 9.79. The zero-order valence-corrected chi connectivity index (χ0v) is 74.1. The van der Waals surface area contributed by atoms with Crippen molar-refractivity contribution in [2.24, 2.45) is 0 Å². The van der Waals surface area contributed by atoms with Crippen LogP contribution in [0.3, 0.4) is 0 Å². The van der Waals surface area contributed by atoms with Crippen LogP contribution in [0.4, 0.5) is 16.2 Å². The van der Waals surface area contributed by atoms with Crippen LogP contribution in [-0.4, -0.2) is 209 Å². The van der Waals surface area contributed by atoms with Gasteiger partial charge < -0.3 is 55.7 Å². The number of carbonyl (C=O) groups is 3. The molecule has 14 rings (SSSR count). The number of nitrogens with one attached hydrogen (secondary N) is 5. The lowest BCUT2D eigenvalue weighted by molar-refractivity contribution is 0.0138. The maximum Gasteiger partial charge on any atom is 0.488 e. The summed E-state index contributed by atoms with van der Waals surface area (Å²) in [6, 6.07) is 44.5. The standard InChI is InChI=1S/C42H52N8O4S.C32H38BrN5O4S.C16H25BN2O4/c1-4-39-37(40(46-35-15-21-54-22-16-35)38-27-45-50(5-2)41(38)47-39)26-44-42(51)34-13-8-14-36(25-34)55(52,53)48(3)28-30-9-6-11-32(23-30)33-12-7-10-31(24-33)29-49-19-17-43-18-20-49;1-4-29-27(30(36-25-12-14-42-15-13-25)28-20-35-38(5-2)31(28)37-29)19-34-32(39)23-9-7-11-26(18-23)43(40,41)21(3)16-22-8-6-10-24(33)17-22;1-16(2,3)23-15(20)19-9-7-18(8-10-19)12-13-5-4-6-14(11-13)17(21)22/h6-14,23-25,27,35,43H,4-5,15-22,26,28-29H2,1-3H3,(H,44,51)(H,46,47);6-11,17-18,20-21,25H,4-5,12-16,19H2,1-3H3,(H,34,39)(H,36,37);4-6,11,21-22H,7-10,12H2,1-3H3. The summed E-state index contributed by atoms with van der Waals surface area (Å²) in [5, 5.41) is 45.7. The monoisotopic (exact) mass is 1750 g/mol. The molecule has 4 aromatic heterocycles. The van der Waals surface area contributed by atoms with Crippen LogP contribution < -0.4 is 32.0 Å². The normalized spacial score (nSPS) is 15.6. The highest BCUT2D eigenvalue weighted by atomic mass is 79.9. The number of hydrogen-bond acceptors (Lipinski definition) is 21. The van der Waals surface area contributed by atoms with E-state index in [9.17, 15) is 41.3 Å². The molecular formula is C90H115BBrN15O12S2. The van der Waals surface area contributed by atoms with Crippen LogP contribution in [0, 0.1) is 0 Å². The molecule has 10 aromatic rings. The molecule has 1 atom stereocenters. The summed E-state index contributed by atoms with van der Waals surface area (Å²) in [7, 11) is -7.45. The van der Waals surface area contributed by atoms with Crippen molar-refractivity contribution < 1.29 is 55.5 Å². The van der Waals surface area contributed by atoms with Gasteiger partial charge in [0.2, 0.25) is 10.0 Å². The van der Waals surface area contributed by atoms with Gasteiger partial charge in [0, 0.05) is 182 Å². The van der Waals surface area contributed by atoms with Crippen molar-refractivity contribution in [3.8, 4) is 11.1 Å². The van der Waals surface area contributed by atoms with Crippen LogP contribution in [0.1, 0.15) is 147 Å². The summed E-state index contributed by atoms with van der Waals surface area (Å²) in [5.41, 5.74) is 13.9. The average molecular weight is 1750 g/mol. The fourth-order valence-corrected chi connectivity index (χ4v) is 18.7. The third kappa shape index (κ3) is 23.9. The summed E-state index contributed by atoms with van der Waals surface area (Å²) < 4.78 is 77.3. The Labute approximate surface area is 720 Å². The molecule has 27 nitrogen and oxygen atoms in total. The molecule has 4 aliphatic heterocycles. The highest BCUT2D eigenvalue weighted by molar-refractivity contribution is 9.10. The molecule has 0 saturated carbocycles.